The molecule has 2 fully saturated rings. The topological polar surface area (TPSA) is 299 Å². The van der Waals surface area contributed by atoms with Gasteiger partial charge >= 0.3 is 35.2 Å². The first-order valence-electron chi connectivity index (χ1n) is 12.7. The summed E-state index contributed by atoms with van der Waals surface area (Å²) < 4.78 is 29.8. The number of hydrogen-bond donors (Lipinski definition) is 9. The van der Waals surface area contributed by atoms with Crippen molar-refractivity contribution in [1.29, 1.82) is 0 Å². The second-order valence-electron chi connectivity index (χ2n) is 10.1. The van der Waals surface area contributed by atoms with Crippen LogP contribution in [0, 0.1) is 0 Å². The van der Waals surface area contributed by atoms with E-state index in [1.165, 1.54) is 12.3 Å². The minimum absolute atomic E-state index is 0. The van der Waals surface area contributed by atoms with Crippen LogP contribution in [0.15, 0.2) is 17.1 Å². The molecule has 0 spiro atoms. The molecule has 1 aromatic rings. The van der Waals surface area contributed by atoms with Crippen LogP contribution in [-0.4, -0.2) is 132 Å². The quantitative estimate of drug-likeness (QED) is 0.0761. The maximum absolute atomic E-state index is 12.7. The Morgan fingerprint density at radius 2 is 2.00 bits per heavy atom. The van der Waals surface area contributed by atoms with Crippen LogP contribution in [0.2, 0.25) is 0 Å². The molecule has 18 nitrogen and oxygen atoms in total. The summed E-state index contributed by atoms with van der Waals surface area (Å²) in [6.45, 7) is -1.35. The van der Waals surface area contributed by atoms with Crippen molar-refractivity contribution < 1.29 is 93.6 Å². The molecule has 234 valence electrons. The molecule has 20 heteroatoms. The third-order valence-electron chi connectivity index (χ3n) is 7.05. The predicted molar refractivity (Wildman–Crippen MR) is 134 cm³/mol. The molecule has 0 aliphatic carbocycles. The van der Waals surface area contributed by atoms with E-state index < -0.39 is 112 Å². The van der Waals surface area contributed by atoms with Crippen molar-refractivity contribution in [2.45, 2.75) is 80.4 Å². The molecule has 2 aliphatic rings. The fourth-order valence-corrected chi connectivity index (χ4v) is 5.99. The van der Waals surface area contributed by atoms with Crippen LogP contribution >= 0.6 is 7.60 Å². The number of anilines is 1. The summed E-state index contributed by atoms with van der Waals surface area (Å²) in [5.74, 6) is -0.693. The van der Waals surface area contributed by atoms with Crippen molar-refractivity contribution in [3.05, 3.63) is 22.7 Å². The summed E-state index contributed by atoms with van der Waals surface area (Å²) in [5, 5.41) is 73.4. The molecule has 3 rings (SSSR count). The molecule has 11 atom stereocenters. The number of carbonyl (C=O) groups excluding carboxylic acids is 1. The molecular weight excluding hydrogens is 598 g/mol. The van der Waals surface area contributed by atoms with Gasteiger partial charge in [-0.15, -0.1) is 0 Å². The van der Waals surface area contributed by atoms with Gasteiger partial charge in [0.25, 0.3) is 0 Å². The van der Waals surface area contributed by atoms with E-state index in [2.05, 4.69) is 10.3 Å². The zero-order chi connectivity index (χ0) is 30.7. The number of aromatic nitrogens is 2. The van der Waals surface area contributed by atoms with E-state index in [9.17, 15) is 54.8 Å². The first-order valence-corrected chi connectivity index (χ1v) is 14.4. The van der Waals surface area contributed by atoms with Crippen LogP contribution in [0.4, 0.5) is 5.82 Å². The smallest absolute Gasteiger partial charge is 0.778 e. The van der Waals surface area contributed by atoms with Gasteiger partial charge in [0.05, 0.1) is 37.6 Å². The van der Waals surface area contributed by atoms with Gasteiger partial charge in [-0.05, 0) is 12.5 Å². The Bertz CT molecular complexity index is 1160. The Balaban J connectivity index is 0.00000616. The van der Waals surface area contributed by atoms with Gasteiger partial charge in [0, 0.05) is 25.7 Å². The number of nitrogens with two attached hydrogens (primary N) is 1. The van der Waals surface area contributed by atoms with Gasteiger partial charge in [0.1, 0.15) is 50.0 Å². The maximum Gasteiger partial charge on any atom is 1.00 e. The average Bonchev–Trinajstić information content (AvgIpc) is 3.19. The summed E-state index contributed by atoms with van der Waals surface area (Å²) in [6, 6.07) is -0.00409. The number of nitrogens with zero attached hydrogens (tertiary/aromatic N) is 2. The Hall–Kier alpha value is -1.06. The van der Waals surface area contributed by atoms with Gasteiger partial charge in [-0.3, -0.25) is 9.36 Å². The molecule has 2 aliphatic heterocycles. The van der Waals surface area contributed by atoms with Gasteiger partial charge in [0.15, 0.2) is 6.23 Å². The van der Waals surface area contributed by atoms with Gasteiger partial charge < -0.3 is 70.3 Å². The van der Waals surface area contributed by atoms with E-state index in [1.807, 2.05) is 0 Å². The van der Waals surface area contributed by atoms with Gasteiger partial charge in [-0.2, -0.15) is 4.98 Å². The minimum atomic E-state index is -4.76. The van der Waals surface area contributed by atoms with Crippen molar-refractivity contribution in [2.24, 2.45) is 0 Å². The molecule has 0 bridgehead atoms. The van der Waals surface area contributed by atoms with Crippen molar-refractivity contribution in [3.63, 3.8) is 0 Å². The third kappa shape index (κ3) is 8.77. The van der Waals surface area contributed by atoms with E-state index >= 15 is 0 Å². The number of amides is 1. The van der Waals surface area contributed by atoms with Crippen LogP contribution < -0.4 is 51.2 Å². The Morgan fingerprint density at radius 1 is 1.33 bits per heavy atom. The average molecular weight is 635 g/mol. The fraction of sp³-hybridized carbons (Fsp3) is 0.773. The Kier molecular flexibility index (Phi) is 13.5. The van der Waals surface area contributed by atoms with Crippen LogP contribution in [-0.2, 0) is 23.4 Å². The van der Waals surface area contributed by atoms with Gasteiger partial charge in [0.2, 0.25) is 5.91 Å². The van der Waals surface area contributed by atoms with Crippen molar-refractivity contribution in [1.82, 2.24) is 14.9 Å². The molecule has 1 amide bonds. The normalized spacial score (nSPS) is 34.2. The maximum atomic E-state index is 12.7. The molecule has 42 heavy (non-hydrogen) atoms. The number of aliphatic hydroxyl groups is 7. The van der Waals surface area contributed by atoms with Crippen LogP contribution in [0.25, 0.3) is 0 Å². The van der Waals surface area contributed by atoms with E-state index in [0.29, 0.717) is 0 Å². The molecule has 0 saturated carbocycles. The Morgan fingerprint density at radius 3 is 2.57 bits per heavy atom. The molecule has 1 aromatic heterocycles. The summed E-state index contributed by atoms with van der Waals surface area (Å²) in [6.07, 6.45) is -13.1. The number of hydrogen-bond acceptors (Lipinski definition) is 16. The summed E-state index contributed by atoms with van der Waals surface area (Å²) in [4.78, 5) is 39.9. The van der Waals surface area contributed by atoms with Crippen molar-refractivity contribution >= 4 is 19.3 Å². The first-order chi connectivity index (χ1) is 19.1. The van der Waals surface area contributed by atoms with Crippen molar-refractivity contribution in [3.8, 4) is 0 Å². The zero-order valence-corrected chi connectivity index (χ0v) is 25.9. The third-order valence-corrected chi connectivity index (χ3v) is 8.37. The molecule has 10 N–H and O–H groups in total. The SMILES string of the molecule is CC(=O)N[C@H]1[C@H]([C@H](O)[C@H](O)CO)O[C@@](CO)(CCP(=O)([O-])OC[C@H]2O[C@@H](n3ccc(N)nc3=O)[C@H](O)[C@@H]2O)C[C@@H]1O.[Na+]. The molecule has 2 saturated heterocycles. The molecule has 0 aromatic carbocycles. The first kappa shape index (κ1) is 37.1. The van der Waals surface area contributed by atoms with E-state index in [4.69, 9.17) is 19.7 Å². The second-order valence-corrected chi connectivity index (χ2v) is 12.1. The van der Waals surface area contributed by atoms with Crippen LogP contribution in [0.3, 0.4) is 0 Å². The minimum Gasteiger partial charge on any atom is -0.778 e. The van der Waals surface area contributed by atoms with Gasteiger partial charge in [-0.25, -0.2) is 4.79 Å². The standard InChI is InChI=1S/C22H37N4O14P.Na/c1-10(29)24-15-11(30)6-22(9-28,40-19(15)16(32)12(31)7-27)3-5-41(36,37)38-8-13-17(33)18(34)20(39-13)26-4-2-14(23)25-21(26)35;/h2,4,11-13,15-20,27-28,30-34H,3,5-9H2,1H3,(H,24,29)(H,36,37)(H2,23,25,35);/q;+1/p-1/t11-,12+,13+,15+,16+,17+,18+,19+,20+,22-;/m0./s1. The van der Waals surface area contributed by atoms with Crippen LogP contribution in [0.5, 0.6) is 0 Å². The molecular formula is C22H36N4NaO14P. The number of aliphatic hydroxyl groups excluding tert-OH is 7. The fourth-order valence-electron chi connectivity index (χ4n) is 4.81. The number of nitrogen functional groups attached to an aromatic ring is 1. The Labute approximate surface area is 261 Å². The summed E-state index contributed by atoms with van der Waals surface area (Å²) in [5.41, 5.74) is 2.79. The monoisotopic (exact) mass is 634 g/mol. The molecule has 3 heterocycles. The summed E-state index contributed by atoms with van der Waals surface area (Å²) in [7, 11) is -4.76. The number of nitrogens with one attached hydrogen (secondary N) is 1. The number of carbonyl (C=O) groups is 1. The molecule has 1 unspecified atom stereocenters. The largest absolute Gasteiger partial charge is 1.00 e. The van der Waals surface area contributed by atoms with Crippen molar-refractivity contribution in [2.75, 3.05) is 31.7 Å². The summed E-state index contributed by atoms with van der Waals surface area (Å²) >= 11 is 0. The molecule has 0 radical (unpaired) electrons. The zero-order valence-electron chi connectivity index (χ0n) is 23.0. The van der Waals surface area contributed by atoms with E-state index in [-0.39, 0.29) is 41.8 Å². The number of rotatable bonds is 12. The van der Waals surface area contributed by atoms with E-state index in [0.717, 1.165) is 11.5 Å². The second kappa shape index (κ2) is 15.3. The van der Waals surface area contributed by atoms with Gasteiger partial charge in [-0.1, -0.05) is 0 Å². The van der Waals surface area contributed by atoms with E-state index in [1.54, 1.807) is 0 Å². The number of ether oxygens (including phenoxy) is 2. The predicted octanol–water partition coefficient (Wildman–Crippen LogP) is -8.49. The van der Waals surface area contributed by atoms with Crippen LogP contribution in [0.1, 0.15) is 26.0 Å².